The number of nitrogens with two attached hydrogens (primary N) is 2. The van der Waals surface area contributed by atoms with Crippen molar-refractivity contribution in [3.63, 3.8) is 0 Å². The number of benzene rings is 2. The molecule has 2 aromatic rings. The van der Waals surface area contributed by atoms with E-state index >= 15 is 0 Å². The Labute approximate surface area is 144 Å². The maximum Gasteiger partial charge on any atom is 0.193 e. The molecule has 4 N–H and O–H groups in total. The highest BCUT2D eigenvalue weighted by Gasteiger charge is 2.41. The SMILES string of the molecule is NC1(N)C=CC(C(=O)c2ccccc2)=C(C(=O)c2ccccc2)C1F. The number of hydrogen-bond donors (Lipinski definition) is 2. The summed E-state index contributed by atoms with van der Waals surface area (Å²) >= 11 is 0. The number of allylic oxidation sites excluding steroid dienone is 2. The van der Waals surface area contributed by atoms with Crippen LogP contribution >= 0.6 is 0 Å². The van der Waals surface area contributed by atoms with Crippen LogP contribution in [0.3, 0.4) is 0 Å². The third-order valence-corrected chi connectivity index (χ3v) is 4.08. The van der Waals surface area contributed by atoms with Crippen molar-refractivity contribution in [1.29, 1.82) is 0 Å². The molecule has 1 atom stereocenters. The van der Waals surface area contributed by atoms with Gasteiger partial charge in [0, 0.05) is 22.3 Å². The van der Waals surface area contributed by atoms with E-state index in [0.717, 1.165) is 0 Å². The molecule has 25 heavy (non-hydrogen) atoms. The molecule has 0 fully saturated rings. The smallest absolute Gasteiger partial charge is 0.193 e. The summed E-state index contributed by atoms with van der Waals surface area (Å²) in [5.41, 5.74) is 9.93. The molecule has 0 aromatic heterocycles. The number of hydrogen-bond acceptors (Lipinski definition) is 4. The summed E-state index contributed by atoms with van der Waals surface area (Å²) in [4.78, 5) is 25.6. The summed E-state index contributed by atoms with van der Waals surface area (Å²) in [5.74, 6) is -1.05. The molecule has 0 aliphatic heterocycles. The van der Waals surface area contributed by atoms with Gasteiger partial charge in [0.15, 0.2) is 17.7 Å². The van der Waals surface area contributed by atoms with Gasteiger partial charge in [-0.15, -0.1) is 0 Å². The molecule has 1 unspecified atom stereocenters. The fraction of sp³-hybridized carbons (Fsp3) is 0.100. The maximum atomic E-state index is 15.0. The number of carbonyl (C=O) groups is 2. The average molecular weight is 336 g/mol. The second-order valence-corrected chi connectivity index (χ2v) is 5.91. The zero-order chi connectivity index (χ0) is 18.0. The summed E-state index contributed by atoms with van der Waals surface area (Å²) < 4.78 is 15.0. The molecule has 1 aliphatic rings. The van der Waals surface area contributed by atoms with Crippen LogP contribution in [-0.4, -0.2) is 23.4 Å². The van der Waals surface area contributed by atoms with Crippen molar-refractivity contribution in [1.82, 2.24) is 0 Å². The van der Waals surface area contributed by atoms with E-state index in [0.29, 0.717) is 5.56 Å². The predicted molar refractivity (Wildman–Crippen MR) is 93.7 cm³/mol. The normalized spacial score (nSPS) is 18.9. The van der Waals surface area contributed by atoms with Crippen molar-refractivity contribution in [3.05, 3.63) is 95.1 Å². The molecule has 0 bridgehead atoms. The molecule has 0 saturated heterocycles. The molecule has 0 radical (unpaired) electrons. The third kappa shape index (κ3) is 3.20. The van der Waals surface area contributed by atoms with E-state index in [9.17, 15) is 14.0 Å². The van der Waals surface area contributed by atoms with Crippen LogP contribution in [0.4, 0.5) is 4.39 Å². The number of Topliss-reactive ketones (excluding diaryl/α,β-unsaturated/α-hetero) is 2. The molecule has 3 rings (SSSR count). The number of alkyl halides is 1. The summed E-state index contributed by atoms with van der Waals surface area (Å²) in [6.45, 7) is 0. The standard InChI is InChI=1S/C20H17FN2O2/c21-19-16(18(25)14-9-5-2-6-10-14)15(11-12-20(19,22)23)17(24)13-7-3-1-4-8-13/h1-12,19H,22-23H2. The largest absolute Gasteiger partial charge is 0.307 e. The highest BCUT2D eigenvalue weighted by atomic mass is 19.1. The number of ketones is 2. The van der Waals surface area contributed by atoms with Crippen LogP contribution in [0.5, 0.6) is 0 Å². The van der Waals surface area contributed by atoms with E-state index in [-0.39, 0.29) is 16.7 Å². The van der Waals surface area contributed by atoms with Crippen LogP contribution in [0.25, 0.3) is 0 Å². The number of rotatable bonds is 4. The first-order valence-corrected chi connectivity index (χ1v) is 7.76. The Morgan fingerprint density at radius 1 is 0.840 bits per heavy atom. The van der Waals surface area contributed by atoms with Crippen molar-refractivity contribution in [2.24, 2.45) is 11.5 Å². The monoisotopic (exact) mass is 336 g/mol. The van der Waals surface area contributed by atoms with Gasteiger partial charge in [-0.05, 0) is 6.08 Å². The summed E-state index contributed by atoms with van der Waals surface area (Å²) in [6.07, 6.45) is 0.560. The Hall–Kier alpha value is -2.89. The van der Waals surface area contributed by atoms with Gasteiger partial charge < -0.3 is 11.5 Å². The molecule has 0 heterocycles. The van der Waals surface area contributed by atoms with E-state index in [1.165, 1.54) is 12.2 Å². The zero-order valence-corrected chi connectivity index (χ0v) is 13.4. The van der Waals surface area contributed by atoms with Gasteiger partial charge in [-0.3, -0.25) is 9.59 Å². The van der Waals surface area contributed by atoms with Crippen molar-refractivity contribution < 1.29 is 14.0 Å². The van der Waals surface area contributed by atoms with Crippen molar-refractivity contribution in [2.75, 3.05) is 0 Å². The first-order chi connectivity index (χ1) is 11.9. The van der Waals surface area contributed by atoms with Gasteiger partial charge in [-0.25, -0.2) is 4.39 Å². The van der Waals surface area contributed by atoms with Gasteiger partial charge in [-0.2, -0.15) is 0 Å². The second-order valence-electron chi connectivity index (χ2n) is 5.91. The van der Waals surface area contributed by atoms with Gasteiger partial charge >= 0.3 is 0 Å². The van der Waals surface area contributed by atoms with Crippen LogP contribution in [0, 0.1) is 0 Å². The lowest BCUT2D eigenvalue weighted by molar-refractivity contribution is 0.0972. The zero-order valence-electron chi connectivity index (χ0n) is 13.4. The van der Waals surface area contributed by atoms with Crippen LogP contribution in [0.2, 0.25) is 0 Å². The van der Waals surface area contributed by atoms with Gasteiger partial charge in [0.2, 0.25) is 0 Å². The number of halogens is 1. The molecular formula is C20H17FN2O2. The molecular weight excluding hydrogens is 319 g/mol. The minimum atomic E-state index is -1.99. The highest BCUT2D eigenvalue weighted by molar-refractivity contribution is 6.20. The minimum Gasteiger partial charge on any atom is -0.307 e. The predicted octanol–water partition coefficient (Wildman–Crippen LogP) is 2.57. The summed E-state index contributed by atoms with van der Waals surface area (Å²) in [6, 6.07) is 16.5. The van der Waals surface area contributed by atoms with E-state index < -0.39 is 23.4 Å². The lowest BCUT2D eigenvalue weighted by Crippen LogP contribution is -2.58. The lowest BCUT2D eigenvalue weighted by atomic mass is 9.82. The van der Waals surface area contributed by atoms with Gasteiger partial charge in [-0.1, -0.05) is 66.7 Å². The third-order valence-electron chi connectivity index (χ3n) is 4.08. The maximum absolute atomic E-state index is 15.0. The van der Waals surface area contributed by atoms with Crippen LogP contribution in [0.1, 0.15) is 20.7 Å². The average Bonchev–Trinajstić information content (AvgIpc) is 2.64. The fourth-order valence-electron chi connectivity index (χ4n) is 2.71. The topological polar surface area (TPSA) is 86.2 Å². The molecule has 2 aromatic carbocycles. The second kappa shape index (κ2) is 6.55. The molecule has 0 spiro atoms. The molecule has 0 amide bonds. The van der Waals surface area contributed by atoms with Crippen molar-refractivity contribution >= 4 is 11.6 Å². The summed E-state index contributed by atoms with van der Waals surface area (Å²) in [7, 11) is 0. The fourth-order valence-corrected chi connectivity index (χ4v) is 2.71. The van der Waals surface area contributed by atoms with E-state index in [4.69, 9.17) is 11.5 Å². The lowest BCUT2D eigenvalue weighted by Gasteiger charge is -2.31. The molecule has 126 valence electrons. The Bertz CT molecular complexity index is 871. The first-order valence-electron chi connectivity index (χ1n) is 7.76. The quantitative estimate of drug-likeness (QED) is 0.664. The van der Waals surface area contributed by atoms with Gasteiger partial charge in [0.1, 0.15) is 5.66 Å². The molecule has 4 nitrogen and oxygen atoms in total. The Morgan fingerprint density at radius 2 is 1.32 bits per heavy atom. The van der Waals surface area contributed by atoms with E-state index in [1.54, 1.807) is 60.7 Å². The molecule has 5 heteroatoms. The van der Waals surface area contributed by atoms with E-state index in [1.807, 2.05) is 0 Å². The first kappa shape index (κ1) is 17.0. The molecule has 1 aliphatic carbocycles. The Balaban J connectivity index is 2.14. The molecule has 0 saturated carbocycles. The van der Waals surface area contributed by atoms with E-state index in [2.05, 4.69) is 0 Å². The Kier molecular flexibility index (Phi) is 4.44. The highest BCUT2D eigenvalue weighted by Crippen LogP contribution is 2.30. The minimum absolute atomic E-state index is 0.0286. The van der Waals surface area contributed by atoms with Crippen LogP contribution < -0.4 is 11.5 Å². The van der Waals surface area contributed by atoms with Crippen molar-refractivity contribution in [3.8, 4) is 0 Å². The van der Waals surface area contributed by atoms with Crippen molar-refractivity contribution in [2.45, 2.75) is 11.8 Å². The van der Waals surface area contributed by atoms with Gasteiger partial charge in [0.25, 0.3) is 0 Å². The Morgan fingerprint density at radius 3 is 1.84 bits per heavy atom. The summed E-state index contributed by atoms with van der Waals surface area (Å²) in [5, 5.41) is 0. The van der Waals surface area contributed by atoms with Crippen LogP contribution in [-0.2, 0) is 0 Å². The number of carbonyl (C=O) groups excluding carboxylic acids is 2. The van der Waals surface area contributed by atoms with Gasteiger partial charge in [0.05, 0.1) is 0 Å². The van der Waals surface area contributed by atoms with Crippen LogP contribution in [0.15, 0.2) is 84.0 Å².